The summed E-state index contributed by atoms with van der Waals surface area (Å²) in [6, 6.07) is 0. The van der Waals surface area contributed by atoms with E-state index in [9.17, 15) is 4.57 Å². The zero-order valence-electron chi connectivity index (χ0n) is 14.4. The Morgan fingerprint density at radius 2 is 1.76 bits per heavy atom. The molecule has 6 nitrogen and oxygen atoms in total. The molecular formula is C14H30N3O3P. The smallest absolute Gasteiger partial charge is 0.309 e. The number of allylic oxidation sites excluding steroid dienone is 1. The largest absolute Gasteiger partial charge is 0.348 e. The van der Waals surface area contributed by atoms with Gasteiger partial charge in [0.1, 0.15) is 0 Å². The van der Waals surface area contributed by atoms with Crippen molar-refractivity contribution in [2.24, 2.45) is 0 Å². The third-order valence-electron chi connectivity index (χ3n) is 3.50. The van der Waals surface area contributed by atoms with E-state index in [-0.39, 0.29) is 6.10 Å². The predicted octanol–water partition coefficient (Wildman–Crippen LogP) is 2.59. The summed E-state index contributed by atoms with van der Waals surface area (Å²) in [6.45, 7) is 4.51. The number of hydrogen-bond donors (Lipinski definition) is 0. The summed E-state index contributed by atoms with van der Waals surface area (Å²) in [5.74, 6) is -0.462. The Bertz CT molecular complexity index is 398. The second-order valence-electron chi connectivity index (χ2n) is 6.19. The van der Waals surface area contributed by atoms with Gasteiger partial charge in [-0.25, -0.2) is 9.34 Å². The second kappa shape index (κ2) is 7.25. The van der Waals surface area contributed by atoms with Gasteiger partial charge in [-0.2, -0.15) is 0 Å². The fourth-order valence-electron chi connectivity index (χ4n) is 2.42. The Hall–Kier alpha value is -0.390. The van der Waals surface area contributed by atoms with Gasteiger partial charge >= 0.3 is 7.59 Å². The molecule has 0 aromatic rings. The minimum atomic E-state index is -2.68. The maximum absolute atomic E-state index is 12.9. The topological polar surface area (TPSA) is 45.3 Å². The van der Waals surface area contributed by atoms with E-state index in [1.54, 1.807) is 14.0 Å². The first-order chi connectivity index (χ1) is 9.59. The van der Waals surface area contributed by atoms with Crippen molar-refractivity contribution in [2.45, 2.75) is 38.6 Å². The molecule has 0 radical (unpaired) electrons. The molecule has 0 bridgehead atoms. The van der Waals surface area contributed by atoms with E-state index in [1.807, 2.05) is 61.4 Å². The van der Waals surface area contributed by atoms with Crippen molar-refractivity contribution in [2.75, 3.05) is 41.8 Å². The summed E-state index contributed by atoms with van der Waals surface area (Å²) >= 11 is 0. The standard InChI is InChI=1S/C14H30N3O3P/c1-14(2)19-12-13(20-14)10-8-9-11-17(7)21(18,15(3)4)16(5)6/h9,11,13H,8,10,12H2,1-7H3/b11-9+. The molecule has 0 saturated carbocycles. The molecular weight excluding hydrogens is 289 g/mol. The summed E-state index contributed by atoms with van der Waals surface area (Å²) < 4.78 is 29.5. The van der Waals surface area contributed by atoms with Crippen molar-refractivity contribution >= 4 is 7.59 Å². The van der Waals surface area contributed by atoms with Crippen molar-refractivity contribution in [1.82, 2.24) is 14.0 Å². The molecule has 0 N–H and O–H groups in total. The first-order valence-corrected chi connectivity index (χ1v) is 8.83. The third kappa shape index (κ3) is 4.80. The normalized spacial score (nSPS) is 22.6. The predicted molar refractivity (Wildman–Crippen MR) is 86.0 cm³/mol. The van der Waals surface area contributed by atoms with E-state index in [0.29, 0.717) is 6.61 Å². The van der Waals surface area contributed by atoms with E-state index in [1.165, 1.54) is 0 Å². The fraction of sp³-hybridized carbons (Fsp3) is 0.857. The molecule has 1 aliphatic rings. The average molecular weight is 319 g/mol. The minimum Gasteiger partial charge on any atom is -0.348 e. The summed E-state index contributed by atoms with van der Waals surface area (Å²) in [5, 5.41) is 0. The quantitative estimate of drug-likeness (QED) is 0.672. The molecule has 1 unspecified atom stereocenters. The first-order valence-electron chi connectivity index (χ1n) is 7.27. The maximum atomic E-state index is 12.9. The molecule has 1 rings (SSSR count). The van der Waals surface area contributed by atoms with Gasteiger partial charge in [-0.05, 0) is 54.9 Å². The highest BCUT2D eigenvalue weighted by molar-refractivity contribution is 7.56. The van der Waals surface area contributed by atoms with Crippen molar-refractivity contribution in [3.63, 3.8) is 0 Å². The monoisotopic (exact) mass is 319 g/mol. The number of nitrogens with zero attached hydrogens (tertiary/aromatic N) is 3. The molecule has 1 saturated heterocycles. The van der Waals surface area contributed by atoms with Gasteiger partial charge < -0.3 is 14.1 Å². The molecule has 0 aromatic heterocycles. The van der Waals surface area contributed by atoms with Gasteiger partial charge in [-0.15, -0.1) is 0 Å². The van der Waals surface area contributed by atoms with Crippen LogP contribution in [0.4, 0.5) is 0 Å². The van der Waals surface area contributed by atoms with Crippen LogP contribution in [0, 0.1) is 0 Å². The van der Waals surface area contributed by atoms with E-state index in [0.717, 1.165) is 12.8 Å². The van der Waals surface area contributed by atoms with Gasteiger partial charge in [-0.1, -0.05) is 6.08 Å². The third-order valence-corrected chi connectivity index (χ3v) is 6.54. The highest BCUT2D eigenvalue weighted by atomic mass is 31.2. The highest BCUT2D eigenvalue weighted by Gasteiger charge is 2.32. The van der Waals surface area contributed by atoms with Crippen LogP contribution in [-0.2, 0) is 14.0 Å². The van der Waals surface area contributed by atoms with E-state index in [4.69, 9.17) is 9.47 Å². The summed E-state index contributed by atoms with van der Waals surface area (Å²) in [5.41, 5.74) is 0. The van der Waals surface area contributed by atoms with Crippen LogP contribution in [-0.4, -0.2) is 67.7 Å². The van der Waals surface area contributed by atoms with Crippen molar-refractivity contribution in [3.8, 4) is 0 Å². The minimum absolute atomic E-state index is 0.143. The molecule has 0 spiro atoms. The number of hydrogen-bond acceptors (Lipinski definition) is 3. The Balaban J connectivity index is 2.48. The zero-order chi connectivity index (χ0) is 16.3. The van der Waals surface area contributed by atoms with Gasteiger partial charge in [0.2, 0.25) is 0 Å². The molecule has 0 amide bonds. The molecule has 1 atom stereocenters. The van der Waals surface area contributed by atoms with Gasteiger partial charge in [0.25, 0.3) is 0 Å². The molecule has 0 aliphatic carbocycles. The van der Waals surface area contributed by atoms with Crippen LogP contribution < -0.4 is 0 Å². The van der Waals surface area contributed by atoms with Crippen molar-refractivity contribution in [1.29, 1.82) is 0 Å². The molecule has 7 heteroatoms. The van der Waals surface area contributed by atoms with Crippen LogP contribution in [0.3, 0.4) is 0 Å². The average Bonchev–Trinajstić information content (AvgIpc) is 2.72. The summed E-state index contributed by atoms with van der Waals surface area (Å²) in [6.07, 6.45) is 5.84. The van der Waals surface area contributed by atoms with Crippen LogP contribution in [0.25, 0.3) is 0 Å². The Labute approximate surface area is 129 Å². The SMILES string of the molecule is CN(C)P(=O)(N(C)C)N(C)/C=C/CCC1COC(C)(C)O1. The molecule has 124 valence electrons. The summed E-state index contributed by atoms with van der Waals surface area (Å²) in [4.78, 5) is 0. The maximum Gasteiger partial charge on any atom is 0.309 e. The summed E-state index contributed by atoms with van der Waals surface area (Å²) in [7, 11) is 6.48. The lowest BCUT2D eigenvalue weighted by Crippen LogP contribution is -2.29. The lowest BCUT2D eigenvalue weighted by atomic mass is 10.2. The lowest BCUT2D eigenvalue weighted by molar-refractivity contribution is -0.138. The van der Waals surface area contributed by atoms with Crippen LogP contribution in [0.15, 0.2) is 12.3 Å². The van der Waals surface area contributed by atoms with E-state index < -0.39 is 13.4 Å². The van der Waals surface area contributed by atoms with Gasteiger partial charge in [0.15, 0.2) is 5.79 Å². The van der Waals surface area contributed by atoms with Gasteiger partial charge in [0.05, 0.1) is 12.7 Å². The van der Waals surface area contributed by atoms with Crippen LogP contribution in [0.1, 0.15) is 26.7 Å². The Kier molecular flexibility index (Phi) is 6.44. The second-order valence-corrected chi connectivity index (χ2v) is 9.45. The molecule has 1 fully saturated rings. The molecule has 1 aliphatic heterocycles. The van der Waals surface area contributed by atoms with Gasteiger partial charge in [-0.3, -0.25) is 4.57 Å². The van der Waals surface area contributed by atoms with E-state index >= 15 is 0 Å². The number of rotatable bonds is 7. The highest BCUT2D eigenvalue weighted by Crippen LogP contribution is 2.52. The van der Waals surface area contributed by atoms with Crippen LogP contribution in [0.2, 0.25) is 0 Å². The number of ether oxygens (including phenoxy) is 2. The zero-order valence-corrected chi connectivity index (χ0v) is 15.3. The first kappa shape index (κ1) is 18.7. The molecule has 0 aromatic carbocycles. The van der Waals surface area contributed by atoms with Crippen LogP contribution >= 0.6 is 7.59 Å². The van der Waals surface area contributed by atoms with E-state index in [2.05, 4.69) is 0 Å². The van der Waals surface area contributed by atoms with Crippen molar-refractivity contribution in [3.05, 3.63) is 12.3 Å². The fourth-order valence-corrected chi connectivity index (χ4v) is 4.54. The van der Waals surface area contributed by atoms with Crippen LogP contribution in [0.5, 0.6) is 0 Å². The van der Waals surface area contributed by atoms with Crippen molar-refractivity contribution < 1.29 is 14.0 Å². The molecule has 1 heterocycles. The molecule has 21 heavy (non-hydrogen) atoms. The van der Waals surface area contributed by atoms with Gasteiger partial charge in [0, 0.05) is 13.2 Å². The lowest BCUT2D eigenvalue weighted by Gasteiger charge is -2.36. The Morgan fingerprint density at radius 1 is 1.19 bits per heavy atom. The Morgan fingerprint density at radius 3 is 2.19 bits per heavy atom.